The molecule has 1 heterocycles. The summed E-state index contributed by atoms with van der Waals surface area (Å²) in [5.74, 6) is -0.945. The Morgan fingerprint density at radius 2 is 2.11 bits per heavy atom. The number of amides is 1. The second-order valence-electron chi connectivity index (χ2n) is 7.31. The van der Waals surface area contributed by atoms with E-state index in [4.69, 9.17) is 5.11 Å². The maximum atomic E-state index is 12.6. The smallest absolute Gasteiger partial charge is 0.317 e. The fraction of sp³-hybridized carbons (Fsp3) is 0.500. The first kappa shape index (κ1) is 20.0. The molecular formula is C20H26N4O4. The lowest BCUT2D eigenvalue weighted by Gasteiger charge is -2.42. The molecule has 8 nitrogen and oxygen atoms in total. The number of carbonyl (C=O) groups is 2. The van der Waals surface area contributed by atoms with Crippen LogP contribution in [0.25, 0.3) is 10.9 Å². The van der Waals surface area contributed by atoms with Crippen LogP contribution in [0, 0.1) is 6.92 Å². The number of aryl methyl sites for hydroxylation is 2. The van der Waals surface area contributed by atoms with Gasteiger partial charge >= 0.3 is 5.97 Å². The second-order valence-corrected chi connectivity index (χ2v) is 7.31. The van der Waals surface area contributed by atoms with Gasteiger partial charge in [-0.3, -0.25) is 23.9 Å². The van der Waals surface area contributed by atoms with Crippen molar-refractivity contribution in [3.05, 3.63) is 40.4 Å². The number of para-hydroxylation sites is 1. The normalized spacial score (nSPS) is 18.8. The first-order chi connectivity index (χ1) is 13.4. The average Bonchev–Trinajstić information content (AvgIpc) is 2.62. The van der Waals surface area contributed by atoms with Crippen molar-refractivity contribution in [2.45, 2.75) is 51.7 Å². The summed E-state index contributed by atoms with van der Waals surface area (Å²) in [5.41, 5.74) is 1.50. The van der Waals surface area contributed by atoms with Crippen molar-refractivity contribution in [1.29, 1.82) is 0 Å². The number of aromatic nitrogens is 2. The highest BCUT2D eigenvalue weighted by atomic mass is 16.4. The molecule has 2 aromatic rings. The first-order valence-corrected chi connectivity index (χ1v) is 9.59. The Morgan fingerprint density at radius 1 is 1.36 bits per heavy atom. The largest absolute Gasteiger partial charge is 0.480 e. The zero-order valence-electron chi connectivity index (χ0n) is 16.2. The third kappa shape index (κ3) is 4.39. The molecule has 1 aliphatic rings. The topological polar surface area (TPSA) is 105 Å². The molecule has 0 aliphatic heterocycles. The minimum absolute atomic E-state index is 0.0270. The highest BCUT2D eigenvalue weighted by Gasteiger charge is 2.34. The van der Waals surface area contributed by atoms with Crippen molar-refractivity contribution in [2.75, 3.05) is 13.1 Å². The van der Waals surface area contributed by atoms with E-state index in [-0.39, 0.29) is 43.1 Å². The molecule has 0 atom stereocenters. The number of nitrogens with one attached hydrogen (secondary N) is 1. The van der Waals surface area contributed by atoms with Gasteiger partial charge in [0.25, 0.3) is 5.56 Å². The molecule has 0 saturated heterocycles. The van der Waals surface area contributed by atoms with Gasteiger partial charge in [-0.05, 0) is 37.9 Å². The average molecular weight is 386 g/mol. The Morgan fingerprint density at radius 3 is 2.79 bits per heavy atom. The van der Waals surface area contributed by atoms with Gasteiger partial charge in [0, 0.05) is 25.0 Å². The lowest BCUT2D eigenvalue weighted by Crippen LogP contribution is -2.54. The molecule has 1 aliphatic carbocycles. The van der Waals surface area contributed by atoms with Crippen LogP contribution in [-0.4, -0.2) is 56.6 Å². The highest BCUT2D eigenvalue weighted by molar-refractivity contribution is 5.80. The van der Waals surface area contributed by atoms with Gasteiger partial charge in [-0.15, -0.1) is 0 Å². The number of carboxylic acids is 1. The van der Waals surface area contributed by atoms with Crippen LogP contribution in [0.3, 0.4) is 0 Å². The molecule has 1 amide bonds. The number of benzene rings is 1. The predicted octanol–water partition coefficient (Wildman–Crippen LogP) is 1.15. The molecule has 0 spiro atoms. The molecule has 150 valence electrons. The van der Waals surface area contributed by atoms with Gasteiger partial charge < -0.3 is 10.4 Å². The minimum atomic E-state index is -0.834. The maximum absolute atomic E-state index is 12.6. The van der Waals surface area contributed by atoms with E-state index >= 15 is 0 Å². The Bertz CT molecular complexity index is 933. The molecular weight excluding hydrogens is 360 g/mol. The number of aliphatic carboxylic acids is 1. The summed E-state index contributed by atoms with van der Waals surface area (Å²) >= 11 is 0. The highest BCUT2D eigenvalue weighted by Crippen LogP contribution is 2.25. The quantitative estimate of drug-likeness (QED) is 0.705. The van der Waals surface area contributed by atoms with Crippen molar-refractivity contribution >= 4 is 22.8 Å². The van der Waals surface area contributed by atoms with Crippen LogP contribution in [0.15, 0.2) is 29.3 Å². The fourth-order valence-electron chi connectivity index (χ4n) is 3.70. The van der Waals surface area contributed by atoms with E-state index in [0.29, 0.717) is 17.4 Å². The molecule has 1 fully saturated rings. The summed E-state index contributed by atoms with van der Waals surface area (Å²) in [6, 6.07) is 5.75. The van der Waals surface area contributed by atoms with E-state index in [1.165, 1.54) is 10.9 Å². The van der Waals surface area contributed by atoms with Crippen molar-refractivity contribution in [2.24, 2.45) is 0 Å². The van der Waals surface area contributed by atoms with E-state index in [9.17, 15) is 14.4 Å². The van der Waals surface area contributed by atoms with E-state index < -0.39 is 5.97 Å². The lowest BCUT2D eigenvalue weighted by atomic mass is 9.85. The van der Waals surface area contributed by atoms with Gasteiger partial charge in [-0.2, -0.15) is 0 Å². The summed E-state index contributed by atoms with van der Waals surface area (Å²) in [7, 11) is 0. The molecule has 1 aromatic heterocycles. The van der Waals surface area contributed by atoms with Crippen molar-refractivity contribution in [1.82, 2.24) is 19.8 Å². The standard InChI is InChI=1S/C20H26N4O4/c1-3-23(11-18(26)27)15-9-14(10-15)22-17(25)7-8-24-12-21-19-13(2)5-4-6-16(19)20(24)28/h4-6,12,14-15H,3,7-11H2,1-2H3,(H,22,25)(H,26,27). The van der Waals surface area contributed by atoms with E-state index in [2.05, 4.69) is 10.3 Å². The van der Waals surface area contributed by atoms with E-state index in [1.807, 2.05) is 30.9 Å². The molecule has 0 bridgehead atoms. The van der Waals surface area contributed by atoms with Crippen LogP contribution in [0.5, 0.6) is 0 Å². The van der Waals surface area contributed by atoms with Gasteiger partial charge in [0.05, 0.1) is 23.8 Å². The molecule has 1 saturated carbocycles. The van der Waals surface area contributed by atoms with Gasteiger partial charge in [-0.25, -0.2) is 4.98 Å². The lowest BCUT2D eigenvalue weighted by molar-refractivity contribution is -0.139. The van der Waals surface area contributed by atoms with Gasteiger partial charge in [-0.1, -0.05) is 19.1 Å². The molecule has 0 radical (unpaired) electrons. The number of nitrogens with zero attached hydrogens (tertiary/aromatic N) is 3. The van der Waals surface area contributed by atoms with Crippen LogP contribution in [0.4, 0.5) is 0 Å². The van der Waals surface area contributed by atoms with Crippen LogP contribution < -0.4 is 10.9 Å². The second kappa shape index (κ2) is 8.52. The van der Waals surface area contributed by atoms with E-state index in [1.54, 1.807) is 6.07 Å². The third-order valence-electron chi connectivity index (χ3n) is 5.37. The zero-order chi connectivity index (χ0) is 20.3. The molecule has 28 heavy (non-hydrogen) atoms. The monoisotopic (exact) mass is 386 g/mol. The molecule has 1 aromatic carbocycles. The van der Waals surface area contributed by atoms with Gasteiger partial charge in [0.2, 0.25) is 5.91 Å². The minimum Gasteiger partial charge on any atom is -0.480 e. The number of carbonyl (C=O) groups excluding carboxylic acids is 1. The Hall–Kier alpha value is -2.74. The fourth-order valence-corrected chi connectivity index (χ4v) is 3.70. The Labute approximate surface area is 163 Å². The molecule has 2 N–H and O–H groups in total. The summed E-state index contributed by atoms with van der Waals surface area (Å²) in [4.78, 5) is 41.9. The Kier molecular flexibility index (Phi) is 6.08. The summed E-state index contributed by atoms with van der Waals surface area (Å²) in [6.07, 6.45) is 3.20. The number of carboxylic acid groups (broad SMARTS) is 1. The maximum Gasteiger partial charge on any atom is 0.317 e. The number of likely N-dealkylation sites (N-methyl/N-ethyl adjacent to an activating group) is 1. The van der Waals surface area contributed by atoms with Crippen molar-refractivity contribution in [3.8, 4) is 0 Å². The van der Waals surface area contributed by atoms with Crippen LogP contribution in [0.2, 0.25) is 0 Å². The number of fused-ring (bicyclic) bond motifs is 1. The van der Waals surface area contributed by atoms with Crippen molar-refractivity contribution in [3.63, 3.8) is 0 Å². The zero-order valence-corrected chi connectivity index (χ0v) is 16.2. The third-order valence-corrected chi connectivity index (χ3v) is 5.37. The predicted molar refractivity (Wildman–Crippen MR) is 105 cm³/mol. The Balaban J connectivity index is 1.51. The number of rotatable bonds is 8. The van der Waals surface area contributed by atoms with E-state index in [0.717, 1.165) is 18.4 Å². The summed E-state index contributed by atoms with van der Waals surface area (Å²) in [6.45, 7) is 4.83. The number of hydrogen-bond donors (Lipinski definition) is 2. The number of hydrogen-bond acceptors (Lipinski definition) is 5. The van der Waals surface area contributed by atoms with Crippen LogP contribution in [-0.2, 0) is 16.1 Å². The van der Waals surface area contributed by atoms with Crippen molar-refractivity contribution < 1.29 is 14.7 Å². The van der Waals surface area contributed by atoms with Crippen LogP contribution >= 0.6 is 0 Å². The molecule has 3 rings (SSSR count). The summed E-state index contributed by atoms with van der Waals surface area (Å²) < 4.78 is 1.47. The first-order valence-electron chi connectivity index (χ1n) is 9.59. The van der Waals surface area contributed by atoms with Gasteiger partial charge in [0.1, 0.15) is 0 Å². The summed E-state index contributed by atoms with van der Waals surface area (Å²) in [5, 5.41) is 12.5. The SMILES string of the molecule is CCN(CC(=O)O)C1CC(NC(=O)CCn2cnc3c(C)cccc3c2=O)C1. The molecule has 0 unspecified atom stereocenters. The van der Waals surface area contributed by atoms with Crippen LogP contribution in [0.1, 0.15) is 31.7 Å². The molecule has 8 heteroatoms. The van der Waals surface area contributed by atoms with Gasteiger partial charge in [0.15, 0.2) is 0 Å².